The third-order valence-electron chi connectivity index (χ3n) is 6.80. The predicted molar refractivity (Wildman–Crippen MR) is 143 cm³/mol. The van der Waals surface area contributed by atoms with Crippen molar-refractivity contribution in [3.8, 4) is 40.1 Å². The maximum atomic E-state index is 13.3. The van der Waals surface area contributed by atoms with Crippen molar-refractivity contribution in [2.24, 2.45) is 5.73 Å². The van der Waals surface area contributed by atoms with Gasteiger partial charge in [-0.3, -0.25) is 4.79 Å². The van der Waals surface area contributed by atoms with Gasteiger partial charge < -0.3 is 70.3 Å². The summed E-state index contributed by atoms with van der Waals surface area (Å²) in [5, 5.41) is 90.6. The van der Waals surface area contributed by atoms with Gasteiger partial charge in [0.05, 0.1) is 24.9 Å². The average molecular weight is 596 g/mol. The van der Waals surface area contributed by atoms with Gasteiger partial charge in [0.2, 0.25) is 11.2 Å². The Bertz CT molecular complexity index is 1460. The van der Waals surface area contributed by atoms with E-state index in [1.165, 1.54) is 6.07 Å². The molecule has 0 radical (unpaired) electrons. The standard InChI is InChI=1S/C27H33NO14/c1-10-4-17(33)23(37)27(41-10)40-9-18(34)22(36)21(35)13(28)8-39-26-24(38)20-16(32)6-12(29)7-19(20)42-25(26)11-2-3-14(30)15(31)5-11/h2-3,5-7,10,13,17-18,21-23,27,29-37H,4,8-9,28H2,1H3/t10?,13-,17+,18?,21?,22?,23?,27?/m1/s1. The molecule has 0 spiro atoms. The molecule has 2 aromatic carbocycles. The van der Waals surface area contributed by atoms with Crippen molar-refractivity contribution in [1.82, 2.24) is 0 Å². The number of aliphatic hydroxyl groups is 5. The Kier molecular flexibility index (Phi) is 9.44. The van der Waals surface area contributed by atoms with Crippen molar-refractivity contribution in [2.75, 3.05) is 13.2 Å². The molecule has 1 aliphatic rings. The molecule has 15 heteroatoms. The Morgan fingerprint density at radius 1 is 0.976 bits per heavy atom. The van der Waals surface area contributed by atoms with E-state index in [-0.39, 0.29) is 28.7 Å². The minimum atomic E-state index is -1.89. The van der Waals surface area contributed by atoms with Crippen LogP contribution in [-0.2, 0) is 9.47 Å². The summed E-state index contributed by atoms with van der Waals surface area (Å²) in [7, 11) is 0. The molecule has 230 valence electrons. The second-order valence-corrected chi connectivity index (χ2v) is 10.1. The van der Waals surface area contributed by atoms with E-state index in [1.54, 1.807) is 6.92 Å². The van der Waals surface area contributed by atoms with Gasteiger partial charge in [-0.2, -0.15) is 0 Å². The smallest absolute Gasteiger partial charge is 0.239 e. The zero-order valence-corrected chi connectivity index (χ0v) is 22.3. The van der Waals surface area contributed by atoms with Gasteiger partial charge in [0.25, 0.3) is 0 Å². The van der Waals surface area contributed by atoms with Gasteiger partial charge in [-0.15, -0.1) is 0 Å². The van der Waals surface area contributed by atoms with Crippen LogP contribution in [0.15, 0.2) is 39.5 Å². The number of benzene rings is 2. The number of aliphatic hydroxyl groups excluding tert-OH is 5. The number of rotatable bonds is 10. The second-order valence-electron chi connectivity index (χ2n) is 10.1. The van der Waals surface area contributed by atoms with Gasteiger partial charge in [0.15, 0.2) is 23.5 Å². The van der Waals surface area contributed by atoms with Crippen molar-refractivity contribution in [3.05, 3.63) is 40.6 Å². The second kappa shape index (κ2) is 12.7. The number of phenols is 4. The molecule has 4 rings (SSSR count). The van der Waals surface area contributed by atoms with Gasteiger partial charge in [0.1, 0.15) is 53.5 Å². The van der Waals surface area contributed by atoms with E-state index in [0.29, 0.717) is 0 Å². The summed E-state index contributed by atoms with van der Waals surface area (Å²) in [6.45, 7) is 0.407. The maximum absolute atomic E-state index is 13.3. The molecule has 8 atom stereocenters. The lowest BCUT2D eigenvalue weighted by atomic mass is 10.0. The first-order chi connectivity index (χ1) is 19.8. The molecule has 15 nitrogen and oxygen atoms in total. The van der Waals surface area contributed by atoms with E-state index in [9.17, 15) is 50.8 Å². The molecule has 3 aromatic rings. The Balaban J connectivity index is 1.52. The Morgan fingerprint density at radius 3 is 2.38 bits per heavy atom. The molecule has 6 unspecified atom stereocenters. The average Bonchev–Trinajstić information content (AvgIpc) is 2.93. The lowest BCUT2D eigenvalue weighted by Gasteiger charge is -2.36. The van der Waals surface area contributed by atoms with Crippen LogP contribution in [0.25, 0.3) is 22.3 Å². The van der Waals surface area contributed by atoms with Crippen LogP contribution in [0.1, 0.15) is 13.3 Å². The van der Waals surface area contributed by atoms with Crippen molar-refractivity contribution >= 4 is 11.0 Å². The molecule has 42 heavy (non-hydrogen) atoms. The van der Waals surface area contributed by atoms with Crippen LogP contribution in [0.5, 0.6) is 28.7 Å². The summed E-state index contributed by atoms with van der Waals surface area (Å²) in [5.41, 5.74) is 4.88. The van der Waals surface area contributed by atoms with E-state index >= 15 is 0 Å². The highest BCUT2D eigenvalue weighted by molar-refractivity contribution is 5.88. The van der Waals surface area contributed by atoms with Crippen LogP contribution in [0, 0.1) is 0 Å². The first-order valence-electron chi connectivity index (χ1n) is 12.9. The van der Waals surface area contributed by atoms with Crippen molar-refractivity contribution in [3.63, 3.8) is 0 Å². The molecule has 1 fully saturated rings. The molecule has 1 saturated heterocycles. The molecule has 0 saturated carbocycles. The topological polar surface area (TPSA) is 266 Å². The quantitative estimate of drug-likeness (QED) is 0.125. The summed E-state index contributed by atoms with van der Waals surface area (Å²) < 4.78 is 21.9. The maximum Gasteiger partial charge on any atom is 0.239 e. The minimum Gasteiger partial charge on any atom is -0.508 e. The van der Waals surface area contributed by atoms with Crippen molar-refractivity contribution < 1.29 is 64.6 Å². The monoisotopic (exact) mass is 595 g/mol. The predicted octanol–water partition coefficient (Wildman–Crippen LogP) is -1.06. The molecule has 0 amide bonds. The SMILES string of the molecule is CC1C[C@H](O)C(O)C(OCC(O)C(O)C(O)[C@H](N)COc2c(-c3ccc(O)c(O)c3)oc3cc(O)cc(O)c3c2=O)O1. The molecule has 1 aromatic heterocycles. The fourth-order valence-electron chi connectivity index (χ4n) is 4.47. The van der Waals surface area contributed by atoms with Gasteiger partial charge in [0, 0.05) is 24.1 Å². The van der Waals surface area contributed by atoms with E-state index in [0.717, 1.165) is 24.3 Å². The van der Waals surface area contributed by atoms with Crippen LogP contribution in [0.2, 0.25) is 0 Å². The number of ether oxygens (including phenoxy) is 3. The third kappa shape index (κ3) is 6.53. The highest BCUT2D eigenvalue weighted by atomic mass is 16.7. The van der Waals surface area contributed by atoms with Crippen LogP contribution in [0.4, 0.5) is 0 Å². The molecule has 0 bridgehead atoms. The molecular weight excluding hydrogens is 562 g/mol. The van der Waals surface area contributed by atoms with Crippen molar-refractivity contribution in [2.45, 2.75) is 62.3 Å². The van der Waals surface area contributed by atoms with E-state index in [4.69, 9.17) is 24.4 Å². The number of fused-ring (bicyclic) bond motifs is 1. The summed E-state index contributed by atoms with van der Waals surface area (Å²) in [5.74, 6) is -2.86. The normalized spacial score (nSPS) is 23.8. The number of phenolic OH excluding ortho intramolecular Hbond substituents is 4. The fourth-order valence-corrected chi connectivity index (χ4v) is 4.47. The van der Waals surface area contributed by atoms with Gasteiger partial charge in [-0.05, 0) is 25.1 Å². The largest absolute Gasteiger partial charge is 0.508 e. The summed E-state index contributed by atoms with van der Waals surface area (Å²) in [6.07, 6.45) is -9.51. The summed E-state index contributed by atoms with van der Waals surface area (Å²) in [4.78, 5) is 13.3. The molecular formula is C27H33NO14. The Labute approximate surface area is 237 Å². The van der Waals surface area contributed by atoms with Gasteiger partial charge in [-0.1, -0.05) is 0 Å². The van der Waals surface area contributed by atoms with E-state index in [2.05, 4.69) is 0 Å². The molecule has 0 aliphatic carbocycles. The molecule has 1 aliphatic heterocycles. The van der Waals surface area contributed by atoms with Crippen LogP contribution in [-0.4, -0.2) is 108 Å². The fraction of sp³-hybridized carbons (Fsp3) is 0.444. The van der Waals surface area contributed by atoms with Crippen LogP contribution >= 0.6 is 0 Å². The minimum absolute atomic E-state index is 0.0513. The van der Waals surface area contributed by atoms with E-state index in [1.807, 2.05) is 0 Å². The first kappa shape index (κ1) is 31.3. The number of hydrogen-bond donors (Lipinski definition) is 10. The van der Waals surface area contributed by atoms with E-state index < -0.39 is 96.3 Å². The number of nitrogens with two attached hydrogens (primary N) is 1. The zero-order chi connectivity index (χ0) is 30.9. The molecule has 2 heterocycles. The Hall–Kier alpha value is -3.67. The zero-order valence-electron chi connectivity index (χ0n) is 22.3. The van der Waals surface area contributed by atoms with Crippen molar-refractivity contribution in [1.29, 1.82) is 0 Å². The highest BCUT2D eigenvalue weighted by Crippen LogP contribution is 2.38. The highest BCUT2D eigenvalue weighted by Gasteiger charge is 2.37. The number of hydrogen-bond acceptors (Lipinski definition) is 15. The Morgan fingerprint density at radius 2 is 1.69 bits per heavy atom. The van der Waals surface area contributed by atoms with Crippen LogP contribution in [0.3, 0.4) is 0 Å². The number of aromatic hydroxyl groups is 4. The van der Waals surface area contributed by atoms with Gasteiger partial charge >= 0.3 is 0 Å². The van der Waals surface area contributed by atoms with Gasteiger partial charge in [-0.25, -0.2) is 0 Å². The lowest BCUT2D eigenvalue weighted by Crippen LogP contribution is -2.53. The summed E-state index contributed by atoms with van der Waals surface area (Å²) >= 11 is 0. The summed E-state index contributed by atoms with van der Waals surface area (Å²) in [6, 6.07) is 4.03. The first-order valence-corrected chi connectivity index (χ1v) is 12.9. The lowest BCUT2D eigenvalue weighted by molar-refractivity contribution is -0.272. The molecule has 11 N–H and O–H groups in total. The third-order valence-corrected chi connectivity index (χ3v) is 6.80. The van der Waals surface area contributed by atoms with Crippen LogP contribution < -0.4 is 15.9 Å².